The number of ether oxygens (including phenoxy) is 1. The SMILES string of the molecule is Cc1ccc(CS(=O)(=O)N2CCC(C(=O)NCCOc3ccc(C)cc3C)CC2)cc1. The van der Waals surface area contributed by atoms with Crippen molar-refractivity contribution in [3.63, 3.8) is 0 Å². The van der Waals surface area contributed by atoms with Gasteiger partial charge in [0.25, 0.3) is 0 Å². The summed E-state index contributed by atoms with van der Waals surface area (Å²) in [7, 11) is -3.38. The van der Waals surface area contributed by atoms with E-state index in [2.05, 4.69) is 11.4 Å². The zero-order chi connectivity index (χ0) is 22.4. The quantitative estimate of drug-likeness (QED) is 0.634. The van der Waals surface area contributed by atoms with E-state index in [0.29, 0.717) is 39.1 Å². The Balaban J connectivity index is 1.41. The summed E-state index contributed by atoms with van der Waals surface area (Å²) in [6.45, 7) is 7.61. The van der Waals surface area contributed by atoms with Crippen molar-refractivity contribution >= 4 is 15.9 Å². The molecular formula is C24H32N2O4S. The maximum atomic E-state index is 12.7. The highest BCUT2D eigenvalue weighted by Gasteiger charge is 2.31. The molecule has 6 nitrogen and oxygen atoms in total. The molecule has 3 rings (SSSR count). The van der Waals surface area contributed by atoms with Gasteiger partial charge in [0, 0.05) is 19.0 Å². The Morgan fingerprint density at radius 3 is 2.32 bits per heavy atom. The zero-order valence-electron chi connectivity index (χ0n) is 18.6. The number of benzene rings is 2. The van der Waals surface area contributed by atoms with Gasteiger partial charge in [-0.2, -0.15) is 0 Å². The molecule has 1 saturated heterocycles. The lowest BCUT2D eigenvalue weighted by molar-refractivity contribution is -0.126. The Hall–Kier alpha value is -2.38. The fraction of sp³-hybridized carbons (Fsp3) is 0.458. The third-order valence-electron chi connectivity index (χ3n) is 5.68. The Morgan fingerprint density at radius 2 is 1.68 bits per heavy atom. The number of aryl methyl sites for hydroxylation is 3. The second-order valence-electron chi connectivity index (χ2n) is 8.32. The van der Waals surface area contributed by atoms with Gasteiger partial charge in [-0.3, -0.25) is 4.79 Å². The molecule has 1 aliphatic rings. The van der Waals surface area contributed by atoms with Crippen LogP contribution in [0.5, 0.6) is 5.75 Å². The molecule has 1 N–H and O–H groups in total. The second kappa shape index (κ2) is 10.3. The van der Waals surface area contributed by atoms with Crippen LogP contribution in [0.4, 0.5) is 0 Å². The van der Waals surface area contributed by atoms with Crippen molar-refractivity contribution in [1.29, 1.82) is 0 Å². The molecule has 0 aliphatic carbocycles. The molecule has 0 aromatic heterocycles. The Kier molecular flexibility index (Phi) is 7.73. The van der Waals surface area contributed by atoms with E-state index >= 15 is 0 Å². The van der Waals surface area contributed by atoms with Gasteiger partial charge in [0.1, 0.15) is 12.4 Å². The summed E-state index contributed by atoms with van der Waals surface area (Å²) in [5, 5.41) is 2.92. The predicted molar refractivity (Wildman–Crippen MR) is 123 cm³/mol. The summed E-state index contributed by atoms with van der Waals surface area (Å²) in [6, 6.07) is 13.6. The molecule has 1 amide bonds. The van der Waals surface area contributed by atoms with Gasteiger partial charge >= 0.3 is 0 Å². The van der Waals surface area contributed by atoms with Crippen LogP contribution in [0.3, 0.4) is 0 Å². The Bertz CT molecular complexity index is 995. The van der Waals surface area contributed by atoms with Crippen LogP contribution in [0.1, 0.15) is 35.1 Å². The van der Waals surface area contributed by atoms with Crippen LogP contribution < -0.4 is 10.1 Å². The van der Waals surface area contributed by atoms with Gasteiger partial charge in [0.2, 0.25) is 15.9 Å². The fourth-order valence-corrected chi connectivity index (χ4v) is 5.39. The molecule has 1 heterocycles. The molecule has 2 aromatic rings. The molecule has 1 aliphatic heterocycles. The average molecular weight is 445 g/mol. The zero-order valence-corrected chi connectivity index (χ0v) is 19.4. The van der Waals surface area contributed by atoms with Crippen LogP contribution in [0, 0.1) is 26.7 Å². The van der Waals surface area contributed by atoms with Gasteiger partial charge in [-0.15, -0.1) is 0 Å². The van der Waals surface area contributed by atoms with Gasteiger partial charge < -0.3 is 10.1 Å². The monoisotopic (exact) mass is 444 g/mol. The standard InChI is InChI=1S/C24H32N2O4S/c1-18-4-7-21(8-5-18)17-31(28,29)26-13-10-22(11-14-26)24(27)25-12-15-30-23-9-6-19(2)16-20(23)3/h4-9,16,22H,10-15,17H2,1-3H3,(H,25,27). The average Bonchev–Trinajstić information content (AvgIpc) is 2.74. The lowest BCUT2D eigenvalue weighted by Gasteiger charge is -2.30. The molecule has 31 heavy (non-hydrogen) atoms. The normalized spacial score (nSPS) is 15.6. The van der Waals surface area contributed by atoms with Crippen molar-refractivity contribution in [2.75, 3.05) is 26.2 Å². The summed E-state index contributed by atoms with van der Waals surface area (Å²) < 4.78 is 32.7. The van der Waals surface area contributed by atoms with Crippen LogP contribution in [0.15, 0.2) is 42.5 Å². The molecule has 168 valence electrons. The van der Waals surface area contributed by atoms with Crippen LogP contribution in [-0.2, 0) is 20.6 Å². The number of hydrogen-bond acceptors (Lipinski definition) is 4. The Labute approximate surface area is 185 Å². The number of hydrogen-bond donors (Lipinski definition) is 1. The largest absolute Gasteiger partial charge is 0.491 e. The van der Waals surface area contributed by atoms with Crippen LogP contribution in [0.2, 0.25) is 0 Å². The lowest BCUT2D eigenvalue weighted by atomic mass is 9.97. The minimum absolute atomic E-state index is 0.0000900. The number of nitrogens with one attached hydrogen (secondary N) is 1. The molecule has 2 aromatic carbocycles. The van der Waals surface area contributed by atoms with E-state index in [1.165, 1.54) is 9.87 Å². The first-order valence-electron chi connectivity index (χ1n) is 10.8. The number of piperidine rings is 1. The van der Waals surface area contributed by atoms with Crippen molar-refractivity contribution in [1.82, 2.24) is 9.62 Å². The van der Waals surface area contributed by atoms with Crippen molar-refractivity contribution in [3.8, 4) is 5.75 Å². The maximum absolute atomic E-state index is 12.7. The van der Waals surface area contributed by atoms with E-state index in [4.69, 9.17) is 4.74 Å². The van der Waals surface area contributed by atoms with E-state index < -0.39 is 10.0 Å². The Morgan fingerprint density at radius 1 is 1.03 bits per heavy atom. The van der Waals surface area contributed by atoms with E-state index in [1.54, 1.807) is 0 Å². The van der Waals surface area contributed by atoms with Gasteiger partial charge in [-0.25, -0.2) is 12.7 Å². The van der Waals surface area contributed by atoms with Crippen LogP contribution in [0.25, 0.3) is 0 Å². The van der Waals surface area contributed by atoms with E-state index in [0.717, 1.165) is 22.4 Å². The van der Waals surface area contributed by atoms with E-state index in [-0.39, 0.29) is 17.6 Å². The minimum Gasteiger partial charge on any atom is -0.491 e. The van der Waals surface area contributed by atoms with E-state index in [1.807, 2.05) is 57.2 Å². The van der Waals surface area contributed by atoms with Crippen molar-refractivity contribution in [2.24, 2.45) is 5.92 Å². The predicted octanol–water partition coefficient (Wildman–Crippen LogP) is 3.35. The summed E-state index contributed by atoms with van der Waals surface area (Å²) >= 11 is 0. The van der Waals surface area contributed by atoms with Crippen LogP contribution >= 0.6 is 0 Å². The summed E-state index contributed by atoms with van der Waals surface area (Å²) in [6.07, 6.45) is 1.08. The fourth-order valence-electron chi connectivity index (χ4n) is 3.82. The third-order valence-corrected chi connectivity index (χ3v) is 7.53. The van der Waals surface area contributed by atoms with Crippen molar-refractivity contribution < 1.29 is 17.9 Å². The molecule has 0 unspecified atom stereocenters. The summed E-state index contributed by atoms with van der Waals surface area (Å²) in [4.78, 5) is 12.5. The number of rotatable bonds is 8. The summed E-state index contributed by atoms with van der Waals surface area (Å²) in [5.74, 6) is 0.638. The van der Waals surface area contributed by atoms with E-state index in [9.17, 15) is 13.2 Å². The molecule has 0 atom stereocenters. The third kappa shape index (κ3) is 6.55. The topological polar surface area (TPSA) is 75.7 Å². The van der Waals surface area contributed by atoms with Gasteiger partial charge in [0.15, 0.2) is 0 Å². The van der Waals surface area contributed by atoms with Crippen LogP contribution in [-0.4, -0.2) is 44.9 Å². The molecule has 0 saturated carbocycles. The molecule has 1 fully saturated rings. The van der Waals surface area contributed by atoms with Gasteiger partial charge in [-0.1, -0.05) is 47.5 Å². The minimum atomic E-state index is -3.38. The molecule has 0 spiro atoms. The highest BCUT2D eigenvalue weighted by molar-refractivity contribution is 7.88. The highest BCUT2D eigenvalue weighted by Crippen LogP contribution is 2.22. The summed E-state index contributed by atoms with van der Waals surface area (Å²) in [5.41, 5.74) is 4.15. The first-order valence-corrected chi connectivity index (χ1v) is 12.4. The van der Waals surface area contributed by atoms with Gasteiger partial charge in [-0.05, 0) is 50.8 Å². The first-order chi connectivity index (χ1) is 14.7. The van der Waals surface area contributed by atoms with Crippen molar-refractivity contribution in [3.05, 3.63) is 64.7 Å². The molecule has 7 heteroatoms. The molecule has 0 radical (unpaired) electrons. The first kappa shape index (κ1) is 23.3. The lowest BCUT2D eigenvalue weighted by Crippen LogP contribution is -2.43. The second-order valence-corrected chi connectivity index (χ2v) is 10.3. The highest BCUT2D eigenvalue weighted by atomic mass is 32.2. The molecular weight excluding hydrogens is 412 g/mol. The van der Waals surface area contributed by atoms with Gasteiger partial charge in [0.05, 0.1) is 12.3 Å². The van der Waals surface area contributed by atoms with Crippen molar-refractivity contribution in [2.45, 2.75) is 39.4 Å². The number of nitrogens with zero attached hydrogens (tertiary/aromatic N) is 1. The smallest absolute Gasteiger partial charge is 0.223 e. The molecule has 0 bridgehead atoms. The number of sulfonamides is 1. The maximum Gasteiger partial charge on any atom is 0.223 e. The number of amides is 1. The number of carbonyl (C=O) groups excluding carboxylic acids is 1. The number of carbonyl (C=O) groups is 1.